The Bertz CT molecular complexity index is 783. The zero-order valence-corrected chi connectivity index (χ0v) is 12.0. The maximum absolute atomic E-state index is 9.25. The van der Waals surface area contributed by atoms with Gasteiger partial charge in [0.05, 0.1) is 0 Å². The molecule has 3 aromatic carbocycles. The Balaban J connectivity index is 1.88. The zero-order chi connectivity index (χ0) is 15.1. The van der Waals surface area contributed by atoms with Crippen LogP contribution >= 0.6 is 0 Å². The standard InChI is InChI=1S/C18H14B2O2/c21-20(22)14-11-9-13(10-12-14)19-17-7-3-1-5-15(17)16-6-2-4-8-18(16)19/h1-12,21-22H. The van der Waals surface area contributed by atoms with E-state index in [1.807, 2.05) is 12.1 Å². The third kappa shape index (κ3) is 2.00. The van der Waals surface area contributed by atoms with Crippen LogP contribution in [0.15, 0.2) is 72.8 Å². The van der Waals surface area contributed by atoms with Crippen LogP contribution in [0.25, 0.3) is 11.1 Å². The Labute approximate surface area is 130 Å². The van der Waals surface area contributed by atoms with E-state index in [9.17, 15) is 10.0 Å². The highest BCUT2D eigenvalue weighted by atomic mass is 16.4. The van der Waals surface area contributed by atoms with Crippen LogP contribution in [0.2, 0.25) is 0 Å². The molecular formula is C18H14B2O2. The molecule has 0 spiro atoms. The van der Waals surface area contributed by atoms with Crippen molar-refractivity contribution in [3.8, 4) is 11.1 Å². The van der Waals surface area contributed by atoms with Gasteiger partial charge in [-0.15, -0.1) is 0 Å². The predicted molar refractivity (Wildman–Crippen MR) is 92.8 cm³/mol. The lowest BCUT2D eigenvalue weighted by Gasteiger charge is -2.11. The van der Waals surface area contributed by atoms with Crippen molar-refractivity contribution >= 4 is 35.7 Å². The van der Waals surface area contributed by atoms with Crippen LogP contribution in [0.1, 0.15) is 0 Å². The summed E-state index contributed by atoms with van der Waals surface area (Å²) in [7, 11) is -1.42. The lowest BCUT2D eigenvalue weighted by molar-refractivity contribution is 0.426. The lowest BCUT2D eigenvalue weighted by Crippen LogP contribution is -2.49. The molecule has 0 fully saturated rings. The summed E-state index contributed by atoms with van der Waals surface area (Å²) in [6.45, 7) is 0.206. The Morgan fingerprint density at radius 3 is 1.64 bits per heavy atom. The van der Waals surface area contributed by atoms with Crippen LogP contribution in [0.5, 0.6) is 0 Å². The molecule has 2 nitrogen and oxygen atoms in total. The first kappa shape index (κ1) is 13.4. The Morgan fingerprint density at radius 2 is 1.14 bits per heavy atom. The molecule has 0 unspecified atom stereocenters. The molecule has 0 saturated heterocycles. The molecule has 0 aliphatic carbocycles. The monoisotopic (exact) mass is 284 g/mol. The Hall–Kier alpha value is -2.29. The normalized spacial score (nSPS) is 12.0. The fourth-order valence-corrected chi connectivity index (χ4v) is 3.38. The molecule has 104 valence electrons. The molecule has 0 amide bonds. The van der Waals surface area contributed by atoms with Gasteiger partial charge in [0.2, 0.25) is 6.71 Å². The molecular weight excluding hydrogens is 270 g/mol. The van der Waals surface area contributed by atoms with Crippen LogP contribution in [-0.4, -0.2) is 23.9 Å². The van der Waals surface area contributed by atoms with Gasteiger partial charge in [0.25, 0.3) is 0 Å². The minimum Gasteiger partial charge on any atom is -0.423 e. The highest BCUT2D eigenvalue weighted by molar-refractivity contribution is 6.99. The average Bonchev–Trinajstić information content (AvgIpc) is 2.89. The summed E-state index contributed by atoms with van der Waals surface area (Å²) < 4.78 is 0. The molecule has 0 aromatic heterocycles. The van der Waals surface area contributed by atoms with Crippen molar-refractivity contribution in [2.45, 2.75) is 0 Å². The first-order valence-corrected chi connectivity index (χ1v) is 7.40. The molecule has 0 saturated carbocycles. The second-order valence-corrected chi connectivity index (χ2v) is 5.65. The molecule has 2 N–H and O–H groups in total. The SMILES string of the molecule is OB(O)c1ccc(B2c3ccccc3-c3ccccc32)cc1. The molecule has 4 heteroatoms. The smallest absolute Gasteiger partial charge is 0.423 e. The predicted octanol–water partition coefficient (Wildman–Crippen LogP) is -0.137. The van der Waals surface area contributed by atoms with Gasteiger partial charge in [0.1, 0.15) is 0 Å². The molecule has 0 atom stereocenters. The van der Waals surface area contributed by atoms with Crippen molar-refractivity contribution in [1.29, 1.82) is 0 Å². The van der Waals surface area contributed by atoms with Gasteiger partial charge in [-0.1, -0.05) is 89.2 Å². The van der Waals surface area contributed by atoms with Gasteiger partial charge in [-0.3, -0.25) is 0 Å². The van der Waals surface area contributed by atoms with E-state index in [0.717, 1.165) is 0 Å². The molecule has 4 rings (SSSR count). The number of hydrogen-bond donors (Lipinski definition) is 2. The van der Waals surface area contributed by atoms with Crippen LogP contribution in [0, 0.1) is 0 Å². The van der Waals surface area contributed by atoms with Gasteiger partial charge >= 0.3 is 7.12 Å². The summed E-state index contributed by atoms with van der Waals surface area (Å²) in [5, 5.41) is 18.5. The highest BCUT2D eigenvalue weighted by Gasteiger charge is 2.32. The Morgan fingerprint density at radius 1 is 0.636 bits per heavy atom. The van der Waals surface area contributed by atoms with Gasteiger partial charge < -0.3 is 10.0 Å². The summed E-state index contributed by atoms with van der Waals surface area (Å²) >= 11 is 0. The second-order valence-electron chi connectivity index (χ2n) is 5.65. The van der Waals surface area contributed by atoms with Gasteiger partial charge in [0.15, 0.2) is 0 Å². The number of hydrogen-bond acceptors (Lipinski definition) is 2. The first-order valence-electron chi connectivity index (χ1n) is 7.40. The number of benzene rings is 3. The van der Waals surface area contributed by atoms with Crippen LogP contribution in [0.3, 0.4) is 0 Å². The van der Waals surface area contributed by atoms with Crippen LogP contribution in [-0.2, 0) is 0 Å². The maximum Gasteiger partial charge on any atom is 0.488 e. The molecule has 0 bridgehead atoms. The average molecular weight is 284 g/mol. The molecule has 1 aliphatic heterocycles. The fourth-order valence-electron chi connectivity index (χ4n) is 3.38. The molecule has 0 radical (unpaired) electrons. The Kier molecular flexibility index (Phi) is 3.14. The van der Waals surface area contributed by atoms with Gasteiger partial charge in [-0.2, -0.15) is 0 Å². The van der Waals surface area contributed by atoms with Crippen molar-refractivity contribution in [1.82, 2.24) is 0 Å². The van der Waals surface area contributed by atoms with Gasteiger partial charge in [0, 0.05) is 0 Å². The molecule has 1 heterocycles. The quantitative estimate of drug-likeness (QED) is 0.503. The number of fused-ring (bicyclic) bond motifs is 3. The van der Waals surface area contributed by atoms with E-state index in [-0.39, 0.29) is 6.71 Å². The van der Waals surface area contributed by atoms with Crippen LogP contribution < -0.4 is 21.9 Å². The van der Waals surface area contributed by atoms with Crippen molar-refractivity contribution in [2.24, 2.45) is 0 Å². The van der Waals surface area contributed by atoms with E-state index in [0.29, 0.717) is 5.46 Å². The van der Waals surface area contributed by atoms with Crippen molar-refractivity contribution in [3.63, 3.8) is 0 Å². The highest BCUT2D eigenvalue weighted by Crippen LogP contribution is 2.22. The lowest BCUT2D eigenvalue weighted by atomic mass is 9.39. The third-order valence-electron chi connectivity index (χ3n) is 4.40. The van der Waals surface area contributed by atoms with E-state index in [1.54, 1.807) is 12.1 Å². The molecule has 22 heavy (non-hydrogen) atoms. The largest absolute Gasteiger partial charge is 0.488 e. The summed E-state index contributed by atoms with van der Waals surface area (Å²) in [5.74, 6) is 0. The van der Waals surface area contributed by atoms with Gasteiger partial charge in [-0.05, 0) is 16.6 Å². The topological polar surface area (TPSA) is 40.5 Å². The van der Waals surface area contributed by atoms with Gasteiger partial charge in [-0.25, -0.2) is 0 Å². The van der Waals surface area contributed by atoms with E-state index in [2.05, 4.69) is 48.5 Å². The van der Waals surface area contributed by atoms with E-state index in [4.69, 9.17) is 0 Å². The maximum atomic E-state index is 9.25. The van der Waals surface area contributed by atoms with E-state index >= 15 is 0 Å². The second kappa shape index (κ2) is 5.16. The van der Waals surface area contributed by atoms with Crippen molar-refractivity contribution < 1.29 is 10.0 Å². The summed E-state index contributed by atoms with van der Waals surface area (Å²) in [4.78, 5) is 0. The third-order valence-corrected chi connectivity index (χ3v) is 4.40. The van der Waals surface area contributed by atoms with Crippen LogP contribution in [0.4, 0.5) is 0 Å². The van der Waals surface area contributed by atoms with E-state index in [1.165, 1.54) is 27.5 Å². The summed E-state index contributed by atoms with van der Waals surface area (Å²) in [6.07, 6.45) is 0. The summed E-state index contributed by atoms with van der Waals surface area (Å²) in [6, 6.07) is 24.5. The van der Waals surface area contributed by atoms with Crippen molar-refractivity contribution in [3.05, 3.63) is 72.8 Å². The minimum absolute atomic E-state index is 0.206. The number of rotatable bonds is 2. The molecule has 1 aliphatic rings. The van der Waals surface area contributed by atoms with E-state index < -0.39 is 7.12 Å². The fraction of sp³-hybridized carbons (Fsp3) is 0. The zero-order valence-electron chi connectivity index (χ0n) is 12.0. The minimum atomic E-state index is -1.42. The molecule has 3 aromatic rings. The summed E-state index contributed by atoms with van der Waals surface area (Å²) in [5.41, 5.74) is 6.87. The first-order chi connectivity index (χ1) is 10.8. The van der Waals surface area contributed by atoms with Crippen molar-refractivity contribution in [2.75, 3.05) is 0 Å².